The highest BCUT2D eigenvalue weighted by atomic mass is 16.5. The van der Waals surface area contributed by atoms with Crippen molar-refractivity contribution in [2.24, 2.45) is 9.98 Å². The summed E-state index contributed by atoms with van der Waals surface area (Å²) in [5, 5.41) is 8.10. The summed E-state index contributed by atoms with van der Waals surface area (Å²) in [5.74, 6) is 4.33. The maximum absolute atomic E-state index is 11.5. The maximum Gasteiger partial charge on any atom is 0.417 e. The van der Waals surface area contributed by atoms with Gasteiger partial charge in [-0.15, -0.1) is 0 Å². The lowest BCUT2D eigenvalue weighted by Crippen LogP contribution is -2.46. The second kappa shape index (κ2) is 30.7. The van der Waals surface area contributed by atoms with Crippen LogP contribution in [-0.4, -0.2) is 175 Å². The van der Waals surface area contributed by atoms with Gasteiger partial charge < -0.3 is 42.8 Å². The molecule has 0 spiro atoms. The summed E-state index contributed by atoms with van der Waals surface area (Å²) >= 11 is 0. The van der Waals surface area contributed by atoms with Crippen molar-refractivity contribution in [3.05, 3.63) is 160 Å². The Hall–Kier alpha value is -8.32. The molecule has 2 aromatic heterocycles. The van der Waals surface area contributed by atoms with Gasteiger partial charge in [-0.3, -0.25) is 34.8 Å². The number of nitrogens with zero attached hydrogens (tertiary/aromatic N) is 9. The highest BCUT2D eigenvalue weighted by Gasteiger charge is 2.23. The monoisotopic (exact) mass is 1170 g/mol. The smallest absolute Gasteiger partial charge is 0.417 e. The quantitative estimate of drug-likeness (QED) is 0.0616. The largest absolute Gasteiger partial charge is 0.495 e. The van der Waals surface area contributed by atoms with Crippen molar-refractivity contribution in [3.63, 3.8) is 0 Å². The zero-order valence-electron chi connectivity index (χ0n) is 49.3. The molecule has 0 atom stereocenters. The van der Waals surface area contributed by atoms with Crippen LogP contribution in [0.4, 0.5) is 17.1 Å². The normalized spacial score (nSPS) is 15.8. The van der Waals surface area contributed by atoms with Gasteiger partial charge in [-0.2, -0.15) is 5.10 Å². The van der Waals surface area contributed by atoms with Crippen LogP contribution >= 0.6 is 0 Å². The van der Waals surface area contributed by atoms with Crippen LogP contribution in [0.2, 0.25) is 0 Å². The third kappa shape index (κ3) is 16.1. The number of rotatable bonds is 22. The second-order valence-electron chi connectivity index (χ2n) is 22.1. The molecule has 6 aromatic carbocycles. The van der Waals surface area contributed by atoms with E-state index in [0.717, 1.165) is 201 Å². The van der Waals surface area contributed by atoms with Crippen molar-refractivity contribution >= 4 is 51.5 Å². The van der Waals surface area contributed by atoms with Gasteiger partial charge in [0.05, 0.1) is 81.4 Å². The van der Waals surface area contributed by atoms with Gasteiger partial charge in [0.15, 0.2) is 5.58 Å². The van der Waals surface area contributed by atoms with Gasteiger partial charge in [0.2, 0.25) is 0 Å². The molecule has 3 fully saturated rings. The lowest BCUT2D eigenvalue weighted by Gasteiger charge is -2.36. The van der Waals surface area contributed by atoms with Crippen LogP contribution in [0, 0.1) is 0 Å². The molecule has 0 aliphatic carbocycles. The van der Waals surface area contributed by atoms with E-state index in [0.29, 0.717) is 12.2 Å². The molecule has 5 aliphatic rings. The molecule has 13 rings (SSSR count). The fourth-order valence-corrected chi connectivity index (χ4v) is 11.7. The minimum Gasteiger partial charge on any atom is -0.495 e. The van der Waals surface area contributed by atoms with Crippen molar-refractivity contribution in [2.75, 3.05) is 147 Å². The third-order valence-electron chi connectivity index (χ3n) is 16.5. The summed E-state index contributed by atoms with van der Waals surface area (Å²) in [4.78, 5) is 37.5. The number of hydrogen-bond donors (Lipinski definition) is 2. The van der Waals surface area contributed by atoms with Crippen LogP contribution < -0.4 is 44.1 Å². The number of unbranched alkanes of at least 4 members (excludes halogenated alkanes) is 2. The fraction of sp³-hybridized carbons (Fsp3) is 0.412. The predicted octanol–water partition coefficient (Wildman–Crippen LogP) is 10.4. The average molecular weight is 1170 g/mol. The Labute approximate surface area is 506 Å². The second-order valence-corrected chi connectivity index (χ2v) is 22.1. The molecule has 86 heavy (non-hydrogen) atoms. The Kier molecular flexibility index (Phi) is 21.7. The van der Waals surface area contributed by atoms with E-state index in [4.69, 9.17) is 28.1 Å². The van der Waals surface area contributed by atoms with Crippen molar-refractivity contribution in [3.8, 4) is 28.7 Å². The van der Waals surface area contributed by atoms with Crippen LogP contribution in [0.25, 0.3) is 22.0 Å². The topological polar surface area (TPSA) is 165 Å². The standard InChI is InChI=1S/C23H29N3O2.C22H25N5O3.C22H27N3O2.CH4/c1-27-23-7-3-2-6-22(23)26-13-11-25(12-14-26)10-4-5-15-28-21-9-8-19-17-24-18-20(19)16-21;28-22-24-18-4-3-5-20(21(18)30-22)27-11-9-26(10-12-27)8-1-2-13-29-17-7-6-16-15-23-25-19(16)14-17;1-26-22-6-3-2-5-21(22)25-12-10-24(11-13-25)9-4-14-27-20-8-7-18-16-23-17-19(18)15-20;/h2-3,6-9,16-17H,4-5,10-15,18H2,1H3;3-7,14-15H,1-2,8-13H2,(H,23,25)(H,24,28);2-3,5-8,15-16H,4,9-14,17H2,1H3;1H4. The first-order valence-corrected chi connectivity index (χ1v) is 30.3. The van der Waals surface area contributed by atoms with Crippen LogP contribution in [-0.2, 0) is 13.1 Å². The SMILES string of the molecule is C.COc1ccccc1N1CCN(CCCCOc2ccc3c(c2)CN=C3)CC1.COc1ccccc1N1CCN(CCCOc2ccc3c(c2)CN=C3)CC1.O=c1[nH]c2cccc(N3CCN(CCCCOc4ccc5cn[nH]c5c4)CC3)c2o1. The Morgan fingerprint density at radius 3 is 1.49 bits per heavy atom. The van der Waals surface area contributed by atoms with Crippen molar-refractivity contribution in [2.45, 2.75) is 52.6 Å². The van der Waals surface area contributed by atoms with E-state index < -0.39 is 5.76 Å². The Balaban J connectivity index is 0.000000143. The molecule has 454 valence electrons. The first-order chi connectivity index (χ1) is 41.9. The lowest BCUT2D eigenvalue weighted by molar-refractivity contribution is 0.224. The number of aromatic nitrogens is 3. The van der Waals surface area contributed by atoms with E-state index in [1.807, 2.05) is 91.4 Å². The van der Waals surface area contributed by atoms with Gasteiger partial charge in [-0.05, 0) is 152 Å². The summed E-state index contributed by atoms with van der Waals surface area (Å²) in [6.45, 7) is 19.5. The van der Waals surface area contributed by atoms with E-state index in [9.17, 15) is 4.79 Å². The maximum atomic E-state index is 11.5. The number of piperazine rings is 3. The van der Waals surface area contributed by atoms with Gasteiger partial charge in [0, 0.05) is 109 Å². The Morgan fingerprint density at radius 1 is 0.488 bits per heavy atom. The summed E-state index contributed by atoms with van der Waals surface area (Å²) in [5.41, 5.74) is 10.8. The number of benzene rings is 6. The number of aliphatic imine (C=N–C) groups is 2. The highest BCUT2D eigenvalue weighted by Crippen LogP contribution is 2.31. The van der Waals surface area contributed by atoms with Crippen LogP contribution in [0.1, 0.15) is 61.8 Å². The highest BCUT2D eigenvalue weighted by molar-refractivity contribution is 5.87. The number of oxazole rings is 1. The molecule has 0 saturated carbocycles. The van der Waals surface area contributed by atoms with Gasteiger partial charge in [0.25, 0.3) is 0 Å². The molecule has 2 N–H and O–H groups in total. The van der Waals surface area contributed by atoms with Gasteiger partial charge >= 0.3 is 5.76 Å². The van der Waals surface area contributed by atoms with E-state index >= 15 is 0 Å². The number of ether oxygens (including phenoxy) is 5. The van der Waals surface area contributed by atoms with Crippen molar-refractivity contribution in [1.82, 2.24) is 29.9 Å². The first-order valence-electron chi connectivity index (χ1n) is 30.3. The zero-order valence-corrected chi connectivity index (χ0v) is 49.3. The molecule has 18 nitrogen and oxygen atoms in total. The van der Waals surface area contributed by atoms with Gasteiger partial charge in [0.1, 0.15) is 28.7 Å². The number of aromatic amines is 2. The molecule has 18 heteroatoms. The van der Waals surface area contributed by atoms with Gasteiger partial charge in [-0.1, -0.05) is 37.8 Å². The van der Waals surface area contributed by atoms with Crippen LogP contribution in [0.15, 0.2) is 147 Å². The summed E-state index contributed by atoms with van der Waals surface area (Å²) in [7, 11) is 3.48. The molecular formula is C68H85N11O7. The summed E-state index contributed by atoms with van der Waals surface area (Å²) in [6.07, 6.45) is 11.1. The summed E-state index contributed by atoms with van der Waals surface area (Å²) in [6, 6.07) is 41.0. The number of nitrogens with one attached hydrogen (secondary N) is 2. The van der Waals surface area contributed by atoms with E-state index in [2.05, 4.69) is 103 Å². The molecule has 0 unspecified atom stereocenters. The van der Waals surface area contributed by atoms with E-state index in [1.54, 1.807) is 14.2 Å². The minimum absolute atomic E-state index is 0. The molecule has 0 radical (unpaired) electrons. The molecule has 5 aliphatic heterocycles. The van der Waals surface area contributed by atoms with Crippen molar-refractivity contribution in [1.29, 1.82) is 0 Å². The van der Waals surface area contributed by atoms with Crippen LogP contribution in [0.5, 0.6) is 28.7 Å². The van der Waals surface area contributed by atoms with Crippen molar-refractivity contribution < 1.29 is 28.1 Å². The third-order valence-corrected chi connectivity index (χ3v) is 16.5. The molecule has 8 aromatic rings. The molecule has 0 bridgehead atoms. The zero-order chi connectivity index (χ0) is 58.0. The van der Waals surface area contributed by atoms with E-state index in [1.165, 1.54) is 40.0 Å². The first kappa shape index (κ1) is 60.8. The minimum atomic E-state index is -0.400. The fourth-order valence-electron chi connectivity index (χ4n) is 11.7. The predicted molar refractivity (Wildman–Crippen MR) is 347 cm³/mol. The van der Waals surface area contributed by atoms with Crippen LogP contribution in [0.3, 0.4) is 0 Å². The van der Waals surface area contributed by atoms with E-state index in [-0.39, 0.29) is 7.43 Å². The number of methoxy groups -OCH3 is 2. The molecule has 7 heterocycles. The number of H-pyrrole nitrogens is 2. The number of para-hydroxylation sites is 5. The number of hydrogen-bond acceptors (Lipinski definition) is 16. The number of anilines is 3. The lowest BCUT2D eigenvalue weighted by atomic mass is 10.1. The Bertz CT molecular complexity index is 3520. The molecular weight excluding hydrogens is 1080 g/mol. The molecule has 0 amide bonds. The van der Waals surface area contributed by atoms with Gasteiger partial charge in [-0.25, -0.2) is 4.79 Å². The Morgan fingerprint density at radius 2 is 0.953 bits per heavy atom. The molecule has 3 saturated heterocycles. The number of fused-ring (bicyclic) bond motifs is 4. The summed E-state index contributed by atoms with van der Waals surface area (Å²) < 4.78 is 34.1. The average Bonchev–Trinajstić information content (AvgIpc) is 3.72.